The van der Waals surface area contributed by atoms with E-state index in [0.717, 1.165) is 44.5 Å². The standard InChI is InChI=1S/C21H30FN5O2.HI/c1-2-24-21(25-8-4-11-28-15-18-5-3-12-29-18)26-14-17-6-7-20(19(22)13-17)27-10-9-23-16-27;/h6-7,9-10,13,16,18H,2-5,8,11-12,14-15H2,1H3,(H2,24,25,26);1H. The van der Waals surface area contributed by atoms with Crippen LogP contribution < -0.4 is 10.6 Å². The number of nitrogens with zero attached hydrogens (tertiary/aromatic N) is 3. The predicted octanol–water partition coefficient (Wildman–Crippen LogP) is 3.27. The Hall–Kier alpha value is -1.72. The minimum Gasteiger partial charge on any atom is -0.379 e. The van der Waals surface area contributed by atoms with E-state index in [9.17, 15) is 4.39 Å². The largest absolute Gasteiger partial charge is 0.379 e. The fourth-order valence-electron chi connectivity index (χ4n) is 3.14. The van der Waals surface area contributed by atoms with Crippen molar-refractivity contribution < 1.29 is 13.9 Å². The third-order valence-electron chi connectivity index (χ3n) is 4.64. The fourth-order valence-corrected chi connectivity index (χ4v) is 3.14. The van der Waals surface area contributed by atoms with Gasteiger partial charge in [0.25, 0.3) is 0 Å². The van der Waals surface area contributed by atoms with Crippen molar-refractivity contribution in [3.8, 4) is 5.69 Å². The topological polar surface area (TPSA) is 72.7 Å². The van der Waals surface area contributed by atoms with E-state index in [0.29, 0.717) is 31.4 Å². The molecule has 0 saturated carbocycles. The summed E-state index contributed by atoms with van der Waals surface area (Å²) in [4.78, 5) is 8.50. The van der Waals surface area contributed by atoms with Crippen molar-refractivity contribution in [1.82, 2.24) is 20.2 Å². The summed E-state index contributed by atoms with van der Waals surface area (Å²) in [7, 11) is 0. The van der Waals surface area contributed by atoms with Gasteiger partial charge in [0.15, 0.2) is 5.96 Å². The van der Waals surface area contributed by atoms with E-state index >= 15 is 0 Å². The molecule has 2 aromatic rings. The van der Waals surface area contributed by atoms with E-state index in [1.807, 2.05) is 13.0 Å². The van der Waals surface area contributed by atoms with Crippen LogP contribution in [-0.2, 0) is 16.0 Å². The van der Waals surface area contributed by atoms with Crippen molar-refractivity contribution in [2.75, 3.05) is 32.9 Å². The number of nitrogens with one attached hydrogen (secondary N) is 2. The molecular weight excluding hydrogens is 500 g/mol. The zero-order valence-electron chi connectivity index (χ0n) is 17.3. The van der Waals surface area contributed by atoms with Gasteiger partial charge >= 0.3 is 0 Å². The first-order chi connectivity index (χ1) is 14.3. The minimum atomic E-state index is -0.294. The lowest BCUT2D eigenvalue weighted by atomic mass is 10.2. The molecule has 1 atom stereocenters. The van der Waals surface area contributed by atoms with E-state index in [1.165, 1.54) is 6.07 Å². The Balaban J connectivity index is 0.00000320. The van der Waals surface area contributed by atoms with Crippen molar-refractivity contribution in [3.63, 3.8) is 0 Å². The van der Waals surface area contributed by atoms with Crippen LogP contribution in [0.25, 0.3) is 5.69 Å². The normalized spacial score (nSPS) is 16.3. The van der Waals surface area contributed by atoms with Gasteiger partial charge < -0.3 is 24.7 Å². The van der Waals surface area contributed by atoms with Gasteiger partial charge in [-0.15, -0.1) is 24.0 Å². The highest BCUT2D eigenvalue weighted by molar-refractivity contribution is 14.0. The summed E-state index contributed by atoms with van der Waals surface area (Å²) in [6.07, 6.45) is 8.29. The Morgan fingerprint density at radius 3 is 3.00 bits per heavy atom. The first-order valence-corrected chi connectivity index (χ1v) is 10.2. The molecule has 0 bridgehead atoms. The molecule has 1 aromatic carbocycles. The quantitative estimate of drug-likeness (QED) is 0.213. The molecule has 0 radical (unpaired) electrons. The van der Waals surface area contributed by atoms with E-state index in [4.69, 9.17) is 9.47 Å². The van der Waals surface area contributed by atoms with Crippen molar-refractivity contribution in [1.29, 1.82) is 0 Å². The Morgan fingerprint density at radius 1 is 1.40 bits per heavy atom. The average Bonchev–Trinajstić information content (AvgIpc) is 3.43. The number of aromatic nitrogens is 2. The molecular formula is C21H31FIN5O2. The molecule has 2 N–H and O–H groups in total. The third kappa shape index (κ3) is 7.84. The lowest BCUT2D eigenvalue weighted by molar-refractivity contribution is 0.0168. The van der Waals surface area contributed by atoms with Crippen LogP contribution in [0, 0.1) is 5.82 Å². The average molecular weight is 531 g/mol. The molecule has 1 saturated heterocycles. The maximum absolute atomic E-state index is 14.4. The maximum atomic E-state index is 14.4. The Morgan fingerprint density at radius 2 is 2.30 bits per heavy atom. The molecule has 9 heteroatoms. The Kier molecular flexibility index (Phi) is 11.1. The Bertz CT molecular complexity index is 767. The lowest BCUT2D eigenvalue weighted by Crippen LogP contribution is -2.38. The van der Waals surface area contributed by atoms with Gasteiger partial charge in [0.1, 0.15) is 5.82 Å². The Labute approximate surface area is 194 Å². The monoisotopic (exact) mass is 531 g/mol. The molecule has 30 heavy (non-hydrogen) atoms. The number of benzene rings is 1. The molecule has 2 heterocycles. The zero-order valence-corrected chi connectivity index (χ0v) is 19.7. The van der Waals surface area contributed by atoms with E-state index < -0.39 is 0 Å². The second kappa shape index (κ2) is 13.6. The summed E-state index contributed by atoms with van der Waals surface area (Å²) in [6, 6.07) is 5.14. The highest BCUT2D eigenvalue weighted by Crippen LogP contribution is 2.15. The molecule has 1 aliphatic rings. The van der Waals surface area contributed by atoms with Crippen LogP contribution in [0.5, 0.6) is 0 Å². The van der Waals surface area contributed by atoms with Crippen LogP contribution in [0.4, 0.5) is 4.39 Å². The molecule has 0 aliphatic carbocycles. The highest BCUT2D eigenvalue weighted by atomic mass is 127. The molecule has 1 unspecified atom stereocenters. The van der Waals surface area contributed by atoms with Crippen LogP contribution in [0.3, 0.4) is 0 Å². The molecule has 1 aliphatic heterocycles. The van der Waals surface area contributed by atoms with Crippen LogP contribution in [-0.4, -0.2) is 54.5 Å². The molecule has 0 amide bonds. The van der Waals surface area contributed by atoms with Crippen molar-refractivity contribution in [2.24, 2.45) is 4.99 Å². The summed E-state index contributed by atoms with van der Waals surface area (Å²) < 4.78 is 27.2. The van der Waals surface area contributed by atoms with Gasteiger partial charge in [0, 0.05) is 38.7 Å². The van der Waals surface area contributed by atoms with Crippen molar-refractivity contribution in [2.45, 2.75) is 38.8 Å². The van der Waals surface area contributed by atoms with Crippen LogP contribution >= 0.6 is 24.0 Å². The van der Waals surface area contributed by atoms with Gasteiger partial charge in [0.05, 0.1) is 31.3 Å². The predicted molar refractivity (Wildman–Crippen MR) is 126 cm³/mol. The second-order valence-electron chi connectivity index (χ2n) is 6.94. The number of halogens is 2. The first kappa shape index (κ1) is 24.5. The number of guanidine groups is 1. The molecule has 3 rings (SSSR count). The molecule has 1 aromatic heterocycles. The van der Waals surface area contributed by atoms with Gasteiger partial charge in [-0.05, 0) is 43.9 Å². The van der Waals surface area contributed by atoms with Crippen LogP contribution in [0.1, 0.15) is 31.7 Å². The molecule has 166 valence electrons. The summed E-state index contributed by atoms with van der Waals surface area (Å²) in [5.41, 5.74) is 1.28. The van der Waals surface area contributed by atoms with Gasteiger partial charge in [0.2, 0.25) is 0 Å². The fraction of sp³-hybridized carbons (Fsp3) is 0.524. The molecule has 0 spiro atoms. The SMILES string of the molecule is CCNC(=NCc1ccc(-n2ccnc2)c(F)c1)NCCCOCC1CCCO1.I. The van der Waals surface area contributed by atoms with Gasteiger partial charge in [-0.3, -0.25) is 0 Å². The summed E-state index contributed by atoms with van der Waals surface area (Å²) >= 11 is 0. The van der Waals surface area contributed by atoms with E-state index in [2.05, 4.69) is 20.6 Å². The number of ether oxygens (including phenoxy) is 2. The summed E-state index contributed by atoms with van der Waals surface area (Å²) in [6.45, 7) is 6.14. The lowest BCUT2D eigenvalue weighted by Gasteiger charge is -2.13. The number of imidazole rings is 1. The summed E-state index contributed by atoms with van der Waals surface area (Å²) in [5.74, 6) is 0.419. The van der Waals surface area contributed by atoms with Crippen molar-refractivity contribution in [3.05, 3.63) is 48.3 Å². The van der Waals surface area contributed by atoms with E-state index in [-0.39, 0.29) is 35.9 Å². The molecule has 7 nitrogen and oxygen atoms in total. The molecule has 1 fully saturated rings. The summed E-state index contributed by atoms with van der Waals surface area (Å²) in [5, 5.41) is 6.50. The number of aliphatic imine (C=N–C) groups is 1. The minimum absolute atomic E-state index is 0. The number of hydrogen-bond acceptors (Lipinski definition) is 4. The maximum Gasteiger partial charge on any atom is 0.191 e. The van der Waals surface area contributed by atoms with Gasteiger partial charge in [-0.2, -0.15) is 0 Å². The van der Waals surface area contributed by atoms with Crippen molar-refractivity contribution >= 4 is 29.9 Å². The highest BCUT2D eigenvalue weighted by Gasteiger charge is 2.14. The first-order valence-electron chi connectivity index (χ1n) is 10.2. The van der Waals surface area contributed by atoms with Gasteiger partial charge in [-0.1, -0.05) is 6.07 Å². The van der Waals surface area contributed by atoms with Crippen LogP contribution in [0.15, 0.2) is 41.9 Å². The third-order valence-corrected chi connectivity index (χ3v) is 4.64. The number of hydrogen-bond donors (Lipinski definition) is 2. The number of rotatable bonds is 10. The smallest absolute Gasteiger partial charge is 0.191 e. The van der Waals surface area contributed by atoms with Crippen LogP contribution in [0.2, 0.25) is 0 Å². The van der Waals surface area contributed by atoms with Gasteiger partial charge in [-0.25, -0.2) is 14.4 Å². The zero-order chi connectivity index (χ0) is 20.3. The van der Waals surface area contributed by atoms with E-state index in [1.54, 1.807) is 29.4 Å². The second-order valence-corrected chi connectivity index (χ2v) is 6.94.